The highest BCUT2D eigenvalue weighted by atomic mass is 35.5. The highest BCUT2D eigenvalue weighted by molar-refractivity contribution is 6.32. The number of nitrogens with one attached hydrogen (secondary N) is 1. The van der Waals surface area contributed by atoms with Crippen LogP contribution in [-0.2, 0) is 0 Å². The van der Waals surface area contributed by atoms with E-state index >= 15 is 0 Å². The van der Waals surface area contributed by atoms with Gasteiger partial charge in [-0.15, -0.1) is 0 Å². The molecule has 0 saturated carbocycles. The molecule has 0 amide bonds. The van der Waals surface area contributed by atoms with Crippen LogP contribution in [0.3, 0.4) is 0 Å². The minimum atomic E-state index is -0.454. The Kier molecular flexibility index (Phi) is 2.41. The molecule has 2 heterocycles. The first-order valence-electron chi connectivity index (χ1n) is 5.18. The SMILES string of the molecule is O=c1[nH]c2cccnc2n1-c1ccc(F)cc1Cl. The van der Waals surface area contributed by atoms with Gasteiger partial charge in [0, 0.05) is 6.20 Å². The van der Waals surface area contributed by atoms with E-state index < -0.39 is 5.82 Å². The molecule has 18 heavy (non-hydrogen) atoms. The van der Waals surface area contributed by atoms with Gasteiger partial charge in [0.1, 0.15) is 5.82 Å². The van der Waals surface area contributed by atoms with E-state index in [4.69, 9.17) is 11.6 Å². The van der Waals surface area contributed by atoms with E-state index in [1.54, 1.807) is 18.3 Å². The van der Waals surface area contributed by atoms with Crippen LogP contribution in [0.25, 0.3) is 16.9 Å². The van der Waals surface area contributed by atoms with E-state index in [2.05, 4.69) is 9.97 Å². The van der Waals surface area contributed by atoms with Crippen molar-refractivity contribution >= 4 is 22.8 Å². The molecule has 1 N–H and O–H groups in total. The van der Waals surface area contributed by atoms with E-state index in [0.29, 0.717) is 16.9 Å². The van der Waals surface area contributed by atoms with Crippen molar-refractivity contribution in [1.29, 1.82) is 0 Å². The number of imidazole rings is 1. The molecular formula is C12H7ClFN3O. The maximum Gasteiger partial charge on any atom is 0.332 e. The van der Waals surface area contributed by atoms with Crippen LogP contribution in [-0.4, -0.2) is 14.5 Å². The summed E-state index contributed by atoms with van der Waals surface area (Å²) in [5.41, 5.74) is 1.09. The number of benzene rings is 1. The molecular weight excluding hydrogens is 257 g/mol. The Bertz CT molecular complexity index is 793. The lowest BCUT2D eigenvalue weighted by Gasteiger charge is -2.04. The van der Waals surface area contributed by atoms with Crippen molar-refractivity contribution in [1.82, 2.24) is 14.5 Å². The van der Waals surface area contributed by atoms with Crippen LogP contribution < -0.4 is 5.69 Å². The van der Waals surface area contributed by atoms with E-state index in [0.717, 1.165) is 6.07 Å². The molecule has 0 saturated heterocycles. The van der Waals surface area contributed by atoms with Crippen LogP contribution >= 0.6 is 11.6 Å². The number of nitrogens with zero attached hydrogens (tertiary/aromatic N) is 2. The van der Waals surface area contributed by atoms with Crippen LogP contribution in [0.5, 0.6) is 0 Å². The Morgan fingerprint density at radius 1 is 1.33 bits per heavy atom. The summed E-state index contributed by atoms with van der Waals surface area (Å²) in [6, 6.07) is 7.30. The Hall–Kier alpha value is -2.14. The minimum Gasteiger partial charge on any atom is -0.304 e. The first kappa shape index (κ1) is 11.0. The summed E-state index contributed by atoms with van der Waals surface area (Å²) in [5, 5.41) is 0.156. The largest absolute Gasteiger partial charge is 0.332 e. The molecule has 0 atom stereocenters. The molecule has 2 aromatic heterocycles. The van der Waals surface area contributed by atoms with Crippen LogP contribution in [0.1, 0.15) is 0 Å². The molecule has 0 aliphatic heterocycles. The number of fused-ring (bicyclic) bond motifs is 1. The number of hydrogen-bond donors (Lipinski definition) is 1. The zero-order valence-electron chi connectivity index (χ0n) is 9.02. The van der Waals surface area contributed by atoms with E-state index in [1.807, 2.05) is 0 Å². The summed E-state index contributed by atoms with van der Waals surface area (Å²) in [4.78, 5) is 18.7. The number of hydrogen-bond acceptors (Lipinski definition) is 2. The standard InChI is InChI=1S/C12H7ClFN3O/c13-8-6-7(14)3-4-10(8)17-11-9(16-12(17)18)2-1-5-15-11/h1-6H,(H,16,18). The van der Waals surface area contributed by atoms with Crippen LogP contribution in [0.4, 0.5) is 4.39 Å². The van der Waals surface area contributed by atoms with Gasteiger partial charge in [-0.3, -0.25) is 0 Å². The molecule has 6 heteroatoms. The van der Waals surface area contributed by atoms with Gasteiger partial charge >= 0.3 is 5.69 Å². The topological polar surface area (TPSA) is 50.7 Å². The third-order valence-electron chi connectivity index (χ3n) is 2.59. The molecule has 0 aliphatic rings. The van der Waals surface area contributed by atoms with Gasteiger partial charge in [-0.1, -0.05) is 11.6 Å². The van der Waals surface area contributed by atoms with Crippen molar-refractivity contribution in [3.05, 3.63) is 57.9 Å². The number of halogens is 2. The highest BCUT2D eigenvalue weighted by Gasteiger charge is 2.12. The van der Waals surface area contributed by atoms with Gasteiger partial charge in [0.15, 0.2) is 5.65 Å². The first-order valence-corrected chi connectivity index (χ1v) is 5.56. The van der Waals surface area contributed by atoms with E-state index in [1.165, 1.54) is 16.7 Å². The average molecular weight is 264 g/mol. The van der Waals surface area contributed by atoms with Crippen molar-refractivity contribution in [3.63, 3.8) is 0 Å². The van der Waals surface area contributed by atoms with Gasteiger partial charge in [0.05, 0.1) is 16.2 Å². The fourth-order valence-corrected chi connectivity index (χ4v) is 2.08. The van der Waals surface area contributed by atoms with Gasteiger partial charge in [-0.2, -0.15) is 0 Å². The van der Waals surface area contributed by atoms with Crippen molar-refractivity contribution in [2.75, 3.05) is 0 Å². The first-order chi connectivity index (χ1) is 8.66. The number of H-pyrrole nitrogens is 1. The predicted molar refractivity (Wildman–Crippen MR) is 66.7 cm³/mol. The second kappa shape index (κ2) is 3.96. The molecule has 3 rings (SSSR count). The molecule has 3 aromatic rings. The fourth-order valence-electron chi connectivity index (χ4n) is 1.83. The second-order valence-electron chi connectivity index (χ2n) is 3.74. The predicted octanol–water partition coefficient (Wildman–Crippen LogP) is 2.51. The van der Waals surface area contributed by atoms with Gasteiger partial charge in [0.2, 0.25) is 0 Å². The Morgan fingerprint density at radius 3 is 2.94 bits per heavy atom. The smallest absolute Gasteiger partial charge is 0.304 e. The van der Waals surface area contributed by atoms with Crippen molar-refractivity contribution in [2.24, 2.45) is 0 Å². The summed E-state index contributed by atoms with van der Waals surface area (Å²) in [5.74, 6) is -0.454. The molecule has 0 unspecified atom stereocenters. The summed E-state index contributed by atoms with van der Waals surface area (Å²) >= 11 is 5.95. The zero-order chi connectivity index (χ0) is 12.7. The van der Waals surface area contributed by atoms with Gasteiger partial charge in [-0.25, -0.2) is 18.7 Å². The Balaban J connectivity index is 2.38. The molecule has 0 radical (unpaired) electrons. The molecule has 0 bridgehead atoms. The minimum absolute atomic E-state index is 0.156. The van der Waals surface area contributed by atoms with Crippen LogP contribution in [0, 0.1) is 5.82 Å². The van der Waals surface area contributed by atoms with Crippen LogP contribution in [0.2, 0.25) is 5.02 Å². The lowest BCUT2D eigenvalue weighted by atomic mass is 10.3. The molecule has 1 aromatic carbocycles. The molecule has 0 spiro atoms. The second-order valence-corrected chi connectivity index (χ2v) is 4.14. The average Bonchev–Trinajstić information content (AvgIpc) is 2.66. The zero-order valence-corrected chi connectivity index (χ0v) is 9.78. The van der Waals surface area contributed by atoms with Crippen molar-refractivity contribution in [2.45, 2.75) is 0 Å². The number of rotatable bonds is 1. The molecule has 4 nitrogen and oxygen atoms in total. The Labute approximate surface area is 106 Å². The van der Waals surface area contributed by atoms with E-state index in [9.17, 15) is 9.18 Å². The lowest BCUT2D eigenvalue weighted by Crippen LogP contribution is -2.15. The van der Waals surface area contributed by atoms with Gasteiger partial charge in [0.25, 0.3) is 0 Å². The number of aromatic nitrogens is 3. The lowest BCUT2D eigenvalue weighted by molar-refractivity contribution is 0.627. The van der Waals surface area contributed by atoms with Gasteiger partial charge in [-0.05, 0) is 30.3 Å². The summed E-state index contributed by atoms with van der Waals surface area (Å²) in [6.07, 6.45) is 1.57. The summed E-state index contributed by atoms with van der Waals surface area (Å²) in [6.45, 7) is 0. The maximum atomic E-state index is 13.0. The third-order valence-corrected chi connectivity index (χ3v) is 2.90. The van der Waals surface area contributed by atoms with E-state index in [-0.39, 0.29) is 10.7 Å². The normalized spacial score (nSPS) is 11.0. The molecule has 0 fully saturated rings. The molecule has 90 valence electrons. The quantitative estimate of drug-likeness (QED) is 0.733. The number of aromatic amines is 1. The monoisotopic (exact) mass is 263 g/mol. The van der Waals surface area contributed by atoms with Crippen molar-refractivity contribution in [3.8, 4) is 5.69 Å². The summed E-state index contributed by atoms with van der Waals surface area (Å²) < 4.78 is 14.3. The summed E-state index contributed by atoms with van der Waals surface area (Å²) in [7, 11) is 0. The number of pyridine rings is 1. The highest BCUT2D eigenvalue weighted by Crippen LogP contribution is 2.22. The van der Waals surface area contributed by atoms with Crippen molar-refractivity contribution < 1.29 is 4.39 Å². The van der Waals surface area contributed by atoms with Crippen LogP contribution in [0.15, 0.2) is 41.3 Å². The fraction of sp³-hybridized carbons (Fsp3) is 0. The Morgan fingerprint density at radius 2 is 2.17 bits per heavy atom. The molecule has 0 aliphatic carbocycles. The van der Waals surface area contributed by atoms with Gasteiger partial charge < -0.3 is 4.98 Å². The third kappa shape index (κ3) is 1.60. The maximum absolute atomic E-state index is 13.0.